The van der Waals surface area contributed by atoms with Crippen molar-refractivity contribution in [3.05, 3.63) is 35.9 Å². The lowest BCUT2D eigenvalue weighted by Crippen LogP contribution is -2.29. The zero-order valence-electron chi connectivity index (χ0n) is 7.69. The molecular formula is C10H10NO3. The van der Waals surface area contributed by atoms with Crippen LogP contribution in [0.4, 0.5) is 4.79 Å². The van der Waals surface area contributed by atoms with Gasteiger partial charge in [-0.05, 0) is 5.56 Å². The summed E-state index contributed by atoms with van der Waals surface area (Å²) in [4.78, 5) is 21.4. The Kier molecular flexibility index (Phi) is 3.67. The highest BCUT2D eigenvalue weighted by atomic mass is 16.5. The number of hydrogen-bond acceptors (Lipinski definition) is 3. The molecule has 0 saturated carbocycles. The molecule has 0 spiro atoms. The van der Waals surface area contributed by atoms with Crippen molar-refractivity contribution in [2.75, 3.05) is 7.11 Å². The molecule has 0 heterocycles. The second-order valence-electron chi connectivity index (χ2n) is 2.60. The first-order valence-corrected chi connectivity index (χ1v) is 4.05. The molecular weight excluding hydrogens is 182 g/mol. The third kappa shape index (κ3) is 2.58. The van der Waals surface area contributed by atoms with Crippen molar-refractivity contribution in [3.8, 4) is 0 Å². The number of ether oxygens (including phenoxy) is 1. The van der Waals surface area contributed by atoms with Gasteiger partial charge in [0.05, 0.1) is 7.11 Å². The Balaban J connectivity index is 2.73. The summed E-state index contributed by atoms with van der Waals surface area (Å²) in [6.45, 7) is 0. The Morgan fingerprint density at radius 2 is 2.07 bits per heavy atom. The number of rotatable bonds is 3. The molecule has 14 heavy (non-hydrogen) atoms. The molecule has 0 aliphatic rings. The highest BCUT2D eigenvalue weighted by molar-refractivity contribution is 5.74. The van der Waals surface area contributed by atoms with Crippen LogP contribution in [0, 0.1) is 0 Å². The predicted molar refractivity (Wildman–Crippen MR) is 50.4 cm³/mol. The van der Waals surface area contributed by atoms with Gasteiger partial charge in [0.2, 0.25) is 6.29 Å². The van der Waals surface area contributed by atoms with Crippen LogP contribution in [0.2, 0.25) is 0 Å². The Morgan fingerprint density at radius 1 is 1.43 bits per heavy atom. The molecule has 0 fully saturated rings. The van der Waals surface area contributed by atoms with Crippen molar-refractivity contribution < 1.29 is 14.3 Å². The van der Waals surface area contributed by atoms with Crippen LogP contribution >= 0.6 is 0 Å². The summed E-state index contributed by atoms with van der Waals surface area (Å²) in [6.07, 6.45) is 1.07. The van der Waals surface area contributed by atoms with E-state index in [1.165, 1.54) is 7.11 Å². The second kappa shape index (κ2) is 5.01. The van der Waals surface area contributed by atoms with Gasteiger partial charge in [0, 0.05) is 0 Å². The number of carbonyl (C=O) groups excluding carboxylic acids is 2. The lowest BCUT2D eigenvalue weighted by atomic mass is 10.1. The summed E-state index contributed by atoms with van der Waals surface area (Å²) in [6, 6.07) is 8.06. The standard InChI is InChI=1S/C10H10NO3/c1-14-10(13)11-9(7-12)8-5-3-2-4-6-8/h2-6,9H,1H3,(H,11,13). The largest absolute Gasteiger partial charge is 0.453 e. The van der Waals surface area contributed by atoms with Crippen LogP contribution in [0.25, 0.3) is 0 Å². The van der Waals surface area contributed by atoms with Crippen molar-refractivity contribution in [1.29, 1.82) is 0 Å². The van der Waals surface area contributed by atoms with Crippen molar-refractivity contribution in [2.45, 2.75) is 6.04 Å². The van der Waals surface area contributed by atoms with Crippen LogP contribution in [0.3, 0.4) is 0 Å². The van der Waals surface area contributed by atoms with Crippen LogP contribution < -0.4 is 5.32 Å². The number of benzene rings is 1. The molecule has 1 amide bonds. The summed E-state index contributed by atoms with van der Waals surface area (Å²) < 4.78 is 4.38. The van der Waals surface area contributed by atoms with Gasteiger partial charge >= 0.3 is 6.09 Å². The Bertz CT molecular complexity index is 310. The summed E-state index contributed by atoms with van der Waals surface area (Å²) in [5, 5.41) is 2.35. The molecule has 0 saturated heterocycles. The van der Waals surface area contributed by atoms with Gasteiger partial charge in [0.25, 0.3) is 0 Å². The monoisotopic (exact) mass is 192 g/mol. The number of alkyl carbamates (subject to hydrolysis) is 1. The molecule has 1 atom stereocenters. The van der Waals surface area contributed by atoms with Gasteiger partial charge in [-0.3, -0.25) is 4.79 Å². The van der Waals surface area contributed by atoms with Crippen LogP contribution in [0.5, 0.6) is 0 Å². The summed E-state index contributed by atoms with van der Waals surface area (Å²) in [7, 11) is 1.24. The van der Waals surface area contributed by atoms with Crippen LogP contribution in [0.1, 0.15) is 11.6 Å². The van der Waals surface area contributed by atoms with Crippen LogP contribution in [-0.2, 0) is 9.53 Å². The molecule has 4 nitrogen and oxygen atoms in total. The first-order chi connectivity index (χ1) is 6.77. The van der Waals surface area contributed by atoms with E-state index in [0.29, 0.717) is 5.56 Å². The van der Waals surface area contributed by atoms with Gasteiger partial charge in [-0.1, -0.05) is 30.3 Å². The third-order valence-corrected chi connectivity index (χ3v) is 1.70. The summed E-state index contributed by atoms with van der Waals surface area (Å²) >= 11 is 0. The molecule has 1 rings (SSSR count). The molecule has 73 valence electrons. The van der Waals surface area contributed by atoms with E-state index in [1.807, 2.05) is 6.07 Å². The molecule has 1 aromatic rings. The van der Waals surface area contributed by atoms with E-state index in [2.05, 4.69) is 10.1 Å². The van der Waals surface area contributed by atoms with Crippen LogP contribution in [-0.4, -0.2) is 19.5 Å². The zero-order valence-corrected chi connectivity index (χ0v) is 7.69. The fourth-order valence-electron chi connectivity index (χ4n) is 1.00. The lowest BCUT2D eigenvalue weighted by Gasteiger charge is -2.10. The minimum atomic E-state index is -0.774. The quantitative estimate of drug-likeness (QED) is 0.782. The van der Waals surface area contributed by atoms with E-state index in [0.717, 1.165) is 0 Å². The van der Waals surface area contributed by atoms with Crippen molar-refractivity contribution in [3.63, 3.8) is 0 Å². The molecule has 0 bridgehead atoms. The molecule has 4 heteroatoms. The molecule has 1 unspecified atom stereocenters. The number of amides is 1. The minimum Gasteiger partial charge on any atom is -0.453 e. The minimum absolute atomic E-state index is 0.651. The smallest absolute Gasteiger partial charge is 0.407 e. The van der Waals surface area contributed by atoms with Gasteiger partial charge in [0.15, 0.2) is 0 Å². The van der Waals surface area contributed by atoms with Crippen molar-refractivity contribution >= 4 is 12.4 Å². The number of carbonyl (C=O) groups is 1. The Morgan fingerprint density at radius 3 is 2.57 bits per heavy atom. The first-order valence-electron chi connectivity index (χ1n) is 4.05. The average molecular weight is 192 g/mol. The SMILES string of the molecule is COC(=O)NC([C]=O)c1ccccc1. The van der Waals surface area contributed by atoms with E-state index in [-0.39, 0.29) is 0 Å². The van der Waals surface area contributed by atoms with Gasteiger partial charge in [0.1, 0.15) is 6.04 Å². The molecule has 0 aliphatic carbocycles. The third-order valence-electron chi connectivity index (χ3n) is 1.70. The maximum Gasteiger partial charge on any atom is 0.407 e. The topological polar surface area (TPSA) is 55.4 Å². The molecule has 0 aromatic heterocycles. The highest BCUT2D eigenvalue weighted by Gasteiger charge is 2.13. The Labute approximate surface area is 81.9 Å². The molecule has 0 aliphatic heterocycles. The molecule has 1 N–H and O–H groups in total. The second-order valence-corrected chi connectivity index (χ2v) is 2.60. The van der Waals surface area contributed by atoms with Crippen LogP contribution in [0.15, 0.2) is 30.3 Å². The first kappa shape index (κ1) is 10.2. The number of nitrogens with one attached hydrogen (secondary N) is 1. The zero-order chi connectivity index (χ0) is 10.4. The van der Waals surface area contributed by atoms with Gasteiger partial charge in [-0.2, -0.15) is 0 Å². The van der Waals surface area contributed by atoms with E-state index in [4.69, 9.17) is 0 Å². The van der Waals surface area contributed by atoms with E-state index in [9.17, 15) is 9.59 Å². The van der Waals surface area contributed by atoms with E-state index >= 15 is 0 Å². The van der Waals surface area contributed by atoms with Gasteiger partial charge in [-0.15, -0.1) is 0 Å². The molecule has 1 radical (unpaired) electrons. The summed E-state index contributed by atoms with van der Waals surface area (Å²) in [5.41, 5.74) is 0.674. The number of methoxy groups -OCH3 is 1. The fourth-order valence-corrected chi connectivity index (χ4v) is 1.00. The van der Waals surface area contributed by atoms with Gasteiger partial charge in [-0.25, -0.2) is 4.79 Å². The highest BCUT2D eigenvalue weighted by Crippen LogP contribution is 2.09. The Hall–Kier alpha value is -1.84. The maximum absolute atomic E-state index is 10.8. The van der Waals surface area contributed by atoms with E-state index in [1.54, 1.807) is 30.6 Å². The van der Waals surface area contributed by atoms with Crippen molar-refractivity contribution in [1.82, 2.24) is 5.32 Å². The van der Waals surface area contributed by atoms with Gasteiger partial charge < -0.3 is 10.1 Å². The lowest BCUT2D eigenvalue weighted by molar-refractivity contribution is 0.169. The maximum atomic E-state index is 10.8. The van der Waals surface area contributed by atoms with E-state index < -0.39 is 12.1 Å². The van der Waals surface area contributed by atoms with Crippen molar-refractivity contribution in [2.24, 2.45) is 0 Å². The average Bonchev–Trinajstić information content (AvgIpc) is 2.26. The predicted octanol–water partition coefficient (Wildman–Crippen LogP) is 1.19. The summed E-state index contributed by atoms with van der Waals surface area (Å²) in [5.74, 6) is 0. The fraction of sp³-hybridized carbons (Fsp3) is 0.200. The number of hydrogen-bond donors (Lipinski definition) is 1. The normalized spacial score (nSPS) is 11.5. The molecule has 1 aromatic carbocycles.